The van der Waals surface area contributed by atoms with Gasteiger partial charge in [0.05, 0.1) is 11.3 Å². The first kappa shape index (κ1) is 9.79. The largest absolute Gasteiger partial charge is 0.378 e. The summed E-state index contributed by atoms with van der Waals surface area (Å²) in [4.78, 5) is 0. The lowest BCUT2D eigenvalue weighted by molar-refractivity contribution is 0.673. The molecule has 1 N–H and O–H groups in total. The van der Waals surface area contributed by atoms with E-state index >= 15 is 0 Å². The SMILES string of the molecule is N#Cc1ccccc1NC1C=CCCC1. The van der Waals surface area contributed by atoms with Crippen LogP contribution in [0.1, 0.15) is 24.8 Å². The number of hydrogen-bond acceptors (Lipinski definition) is 2. The van der Waals surface area contributed by atoms with Crippen LogP contribution in [0.2, 0.25) is 0 Å². The first-order valence-corrected chi connectivity index (χ1v) is 5.32. The van der Waals surface area contributed by atoms with Crippen molar-refractivity contribution in [2.45, 2.75) is 25.3 Å². The molecule has 1 aliphatic rings. The Kier molecular flexibility index (Phi) is 3.04. The number of benzene rings is 1. The van der Waals surface area contributed by atoms with Gasteiger partial charge in [0, 0.05) is 6.04 Å². The fourth-order valence-corrected chi connectivity index (χ4v) is 1.84. The second-order valence-corrected chi connectivity index (χ2v) is 3.77. The topological polar surface area (TPSA) is 35.8 Å². The second-order valence-electron chi connectivity index (χ2n) is 3.77. The van der Waals surface area contributed by atoms with Crippen LogP contribution in [0, 0.1) is 11.3 Å². The van der Waals surface area contributed by atoms with E-state index in [0.29, 0.717) is 6.04 Å². The Labute approximate surface area is 90.2 Å². The molecule has 2 rings (SSSR count). The van der Waals surface area contributed by atoms with Crippen molar-refractivity contribution in [3.63, 3.8) is 0 Å². The second kappa shape index (κ2) is 4.65. The third-order valence-electron chi connectivity index (χ3n) is 2.64. The van der Waals surface area contributed by atoms with Crippen LogP contribution in [0.25, 0.3) is 0 Å². The number of hydrogen-bond donors (Lipinski definition) is 1. The predicted molar refractivity (Wildman–Crippen MR) is 61.6 cm³/mol. The van der Waals surface area contributed by atoms with Crippen molar-refractivity contribution in [3.05, 3.63) is 42.0 Å². The minimum absolute atomic E-state index is 0.383. The van der Waals surface area contributed by atoms with Gasteiger partial charge in [0.25, 0.3) is 0 Å². The molecule has 1 aromatic rings. The Morgan fingerprint density at radius 3 is 2.93 bits per heavy atom. The lowest BCUT2D eigenvalue weighted by Crippen LogP contribution is -2.19. The Balaban J connectivity index is 2.13. The number of nitrogens with zero attached hydrogens (tertiary/aromatic N) is 1. The van der Waals surface area contributed by atoms with Crippen molar-refractivity contribution < 1.29 is 0 Å². The molecule has 2 heteroatoms. The van der Waals surface area contributed by atoms with E-state index in [1.165, 1.54) is 12.8 Å². The van der Waals surface area contributed by atoms with E-state index in [9.17, 15) is 0 Å². The molecular weight excluding hydrogens is 184 g/mol. The molecule has 0 aliphatic heterocycles. The molecule has 76 valence electrons. The molecule has 0 amide bonds. The highest BCUT2D eigenvalue weighted by molar-refractivity contribution is 5.58. The first-order valence-electron chi connectivity index (χ1n) is 5.32. The van der Waals surface area contributed by atoms with E-state index in [4.69, 9.17) is 5.26 Å². The molecule has 0 fully saturated rings. The van der Waals surface area contributed by atoms with Crippen molar-refractivity contribution in [3.8, 4) is 6.07 Å². The summed E-state index contributed by atoms with van der Waals surface area (Å²) >= 11 is 0. The molecule has 2 nitrogen and oxygen atoms in total. The Bertz CT molecular complexity index is 401. The molecule has 1 unspecified atom stereocenters. The lowest BCUT2D eigenvalue weighted by Gasteiger charge is -2.19. The molecule has 1 aliphatic carbocycles. The molecule has 0 spiro atoms. The molecule has 0 bridgehead atoms. The zero-order chi connectivity index (χ0) is 10.5. The Morgan fingerprint density at radius 1 is 1.33 bits per heavy atom. The smallest absolute Gasteiger partial charge is 0.101 e. The van der Waals surface area contributed by atoms with Crippen molar-refractivity contribution >= 4 is 5.69 Å². The van der Waals surface area contributed by atoms with Crippen LogP contribution >= 0.6 is 0 Å². The highest BCUT2D eigenvalue weighted by Crippen LogP contribution is 2.19. The van der Waals surface area contributed by atoms with Gasteiger partial charge in [-0.2, -0.15) is 5.26 Å². The Morgan fingerprint density at radius 2 is 2.20 bits per heavy atom. The minimum Gasteiger partial charge on any atom is -0.378 e. The predicted octanol–water partition coefficient (Wildman–Crippen LogP) is 3.08. The third-order valence-corrected chi connectivity index (χ3v) is 2.64. The number of nitrogens with one attached hydrogen (secondary N) is 1. The zero-order valence-corrected chi connectivity index (χ0v) is 8.61. The van der Waals surface area contributed by atoms with Crippen LogP contribution in [0.5, 0.6) is 0 Å². The van der Waals surface area contributed by atoms with E-state index in [0.717, 1.165) is 17.7 Å². The summed E-state index contributed by atoms with van der Waals surface area (Å²) in [6.45, 7) is 0. The average molecular weight is 198 g/mol. The van der Waals surface area contributed by atoms with E-state index in [1.54, 1.807) is 0 Å². The maximum absolute atomic E-state index is 8.94. The van der Waals surface area contributed by atoms with Crippen molar-refractivity contribution in [2.24, 2.45) is 0 Å². The molecule has 0 radical (unpaired) electrons. The van der Waals surface area contributed by atoms with Crippen molar-refractivity contribution in [1.29, 1.82) is 5.26 Å². The van der Waals surface area contributed by atoms with Gasteiger partial charge in [-0.15, -0.1) is 0 Å². The summed E-state index contributed by atoms with van der Waals surface area (Å²) in [5.74, 6) is 0. The normalized spacial score (nSPS) is 19.5. The van der Waals surface area contributed by atoms with Crippen LogP contribution in [0.15, 0.2) is 36.4 Å². The molecule has 0 saturated heterocycles. The van der Waals surface area contributed by atoms with Gasteiger partial charge in [-0.25, -0.2) is 0 Å². The fourth-order valence-electron chi connectivity index (χ4n) is 1.84. The van der Waals surface area contributed by atoms with E-state index in [1.807, 2.05) is 24.3 Å². The maximum Gasteiger partial charge on any atom is 0.101 e. The average Bonchev–Trinajstić information content (AvgIpc) is 2.31. The quantitative estimate of drug-likeness (QED) is 0.741. The van der Waals surface area contributed by atoms with Gasteiger partial charge in [-0.1, -0.05) is 24.3 Å². The van der Waals surface area contributed by atoms with Crippen LogP contribution in [0.4, 0.5) is 5.69 Å². The lowest BCUT2D eigenvalue weighted by atomic mass is 10.0. The summed E-state index contributed by atoms with van der Waals surface area (Å²) in [6.07, 6.45) is 7.95. The highest BCUT2D eigenvalue weighted by atomic mass is 14.9. The van der Waals surface area contributed by atoms with Crippen LogP contribution in [0.3, 0.4) is 0 Å². The van der Waals surface area contributed by atoms with Crippen LogP contribution in [-0.2, 0) is 0 Å². The van der Waals surface area contributed by atoms with Crippen molar-refractivity contribution in [2.75, 3.05) is 5.32 Å². The minimum atomic E-state index is 0.383. The van der Waals surface area contributed by atoms with Gasteiger partial charge < -0.3 is 5.32 Å². The number of anilines is 1. The maximum atomic E-state index is 8.94. The van der Waals surface area contributed by atoms with Gasteiger partial charge in [0.1, 0.15) is 6.07 Å². The van der Waals surface area contributed by atoms with E-state index in [2.05, 4.69) is 23.5 Å². The molecule has 1 atom stereocenters. The monoisotopic (exact) mass is 198 g/mol. The van der Waals surface area contributed by atoms with Crippen LogP contribution in [-0.4, -0.2) is 6.04 Å². The molecule has 0 aromatic heterocycles. The molecule has 0 saturated carbocycles. The number of rotatable bonds is 2. The highest BCUT2D eigenvalue weighted by Gasteiger charge is 2.09. The molecule has 15 heavy (non-hydrogen) atoms. The van der Waals surface area contributed by atoms with E-state index in [-0.39, 0.29) is 0 Å². The summed E-state index contributed by atoms with van der Waals surface area (Å²) in [5, 5.41) is 12.3. The van der Waals surface area contributed by atoms with Gasteiger partial charge in [0.2, 0.25) is 0 Å². The molecule has 0 heterocycles. The standard InChI is InChI=1S/C13H14N2/c14-10-11-6-4-5-9-13(11)15-12-7-2-1-3-8-12/h2,4-7,9,12,15H,1,3,8H2. The summed E-state index contributed by atoms with van der Waals surface area (Å²) in [7, 11) is 0. The number of nitriles is 1. The third kappa shape index (κ3) is 2.38. The van der Waals surface area contributed by atoms with Gasteiger partial charge in [-0.05, 0) is 31.4 Å². The zero-order valence-electron chi connectivity index (χ0n) is 8.61. The van der Waals surface area contributed by atoms with Gasteiger partial charge in [0.15, 0.2) is 0 Å². The Hall–Kier alpha value is -1.75. The summed E-state index contributed by atoms with van der Waals surface area (Å²) in [5.41, 5.74) is 1.66. The molecular formula is C13H14N2. The summed E-state index contributed by atoms with van der Waals surface area (Å²) in [6, 6.07) is 10.2. The number of allylic oxidation sites excluding steroid dienone is 1. The van der Waals surface area contributed by atoms with E-state index < -0.39 is 0 Å². The van der Waals surface area contributed by atoms with Crippen molar-refractivity contribution in [1.82, 2.24) is 0 Å². The van der Waals surface area contributed by atoms with Crippen LogP contribution < -0.4 is 5.32 Å². The molecule has 1 aromatic carbocycles. The van der Waals surface area contributed by atoms with Gasteiger partial charge in [-0.3, -0.25) is 0 Å². The fraction of sp³-hybridized carbons (Fsp3) is 0.308. The van der Waals surface area contributed by atoms with Gasteiger partial charge >= 0.3 is 0 Å². The first-order chi connectivity index (χ1) is 7.40. The number of para-hydroxylation sites is 1. The summed E-state index contributed by atoms with van der Waals surface area (Å²) < 4.78 is 0.